The Morgan fingerprint density at radius 3 is 2.65 bits per heavy atom. The van der Waals surface area contributed by atoms with E-state index in [0.29, 0.717) is 19.1 Å². The second-order valence-corrected chi connectivity index (χ2v) is 7.11. The first-order valence-electron chi connectivity index (χ1n) is 7.08. The first kappa shape index (κ1) is 17.5. The molecular formula is C16H26BrNO2. The third-order valence-electron chi connectivity index (χ3n) is 3.76. The SMILES string of the molecule is CC(C)C(C)(C)CNCC(O)COc1cccc(Br)c1. The molecule has 0 bridgehead atoms. The molecule has 3 nitrogen and oxygen atoms in total. The molecular weight excluding hydrogens is 318 g/mol. The third-order valence-corrected chi connectivity index (χ3v) is 4.26. The molecule has 0 saturated heterocycles. The highest BCUT2D eigenvalue weighted by molar-refractivity contribution is 9.10. The van der Waals surface area contributed by atoms with Crippen molar-refractivity contribution in [2.45, 2.75) is 33.8 Å². The zero-order valence-electron chi connectivity index (χ0n) is 12.8. The van der Waals surface area contributed by atoms with Gasteiger partial charge >= 0.3 is 0 Å². The maximum absolute atomic E-state index is 9.92. The van der Waals surface area contributed by atoms with Crippen LogP contribution in [0, 0.1) is 11.3 Å². The fourth-order valence-electron chi connectivity index (χ4n) is 1.57. The van der Waals surface area contributed by atoms with E-state index in [-0.39, 0.29) is 5.41 Å². The first-order valence-corrected chi connectivity index (χ1v) is 7.87. The van der Waals surface area contributed by atoms with Crippen LogP contribution in [0.25, 0.3) is 0 Å². The van der Waals surface area contributed by atoms with E-state index in [4.69, 9.17) is 4.74 Å². The van der Waals surface area contributed by atoms with Gasteiger partial charge in [0.1, 0.15) is 18.5 Å². The minimum absolute atomic E-state index is 0.227. The van der Waals surface area contributed by atoms with E-state index in [1.807, 2.05) is 24.3 Å². The van der Waals surface area contributed by atoms with Gasteiger partial charge in [0.25, 0.3) is 0 Å². The molecule has 1 aromatic carbocycles. The molecule has 0 spiro atoms. The van der Waals surface area contributed by atoms with Gasteiger partial charge in [-0.2, -0.15) is 0 Å². The minimum Gasteiger partial charge on any atom is -0.491 e. The van der Waals surface area contributed by atoms with Crippen LogP contribution in [0.1, 0.15) is 27.7 Å². The molecule has 1 unspecified atom stereocenters. The number of aliphatic hydroxyl groups is 1. The van der Waals surface area contributed by atoms with Crippen molar-refractivity contribution in [1.82, 2.24) is 5.32 Å². The van der Waals surface area contributed by atoms with Gasteiger partial charge in [0.2, 0.25) is 0 Å². The van der Waals surface area contributed by atoms with Crippen molar-refractivity contribution in [3.05, 3.63) is 28.7 Å². The molecule has 1 aromatic rings. The topological polar surface area (TPSA) is 41.5 Å². The summed E-state index contributed by atoms with van der Waals surface area (Å²) in [4.78, 5) is 0. The zero-order valence-corrected chi connectivity index (χ0v) is 14.4. The molecule has 0 amide bonds. The Kier molecular flexibility index (Phi) is 7.00. The first-order chi connectivity index (χ1) is 9.31. The fraction of sp³-hybridized carbons (Fsp3) is 0.625. The second kappa shape index (κ2) is 8.01. The summed E-state index contributed by atoms with van der Waals surface area (Å²) in [5.74, 6) is 1.37. The van der Waals surface area contributed by atoms with Crippen LogP contribution in [0.2, 0.25) is 0 Å². The summed E-state index contributed by atoms with van der Waals surface area (Å²) in [6, 6.07) is 7.63. The number of halogens is 1. The van der Waals surface area contributed by atoms with Crippen LogP contribution in [0.5, 0.6) is 5.75 Å². The second-order valence-electron chi connectivity index (χ2n) is 6.20. The van der Waals surface area contributed by atoms with E-state index in [9.17, 15) is 5.11 Å². The lowest BCUT2D eigenvalue weighted by Gasteiger charge is -2.30. The summed E-state index contributed by atoms with van der Waals surface area (Å²) >= 11 is 3.39. The van der Waals surface area contributed by atoms with E-state index in [0.717, 1.165) is 16.8 Å². The number of ether oxygens (including phenoxy) is 1. The number of nitrogens with one attached hydrogen (secondary N) is 1. The number of hydrogen-bond acceptors (Lipinski definition) is 3. The summed E-state index contributed by atoms with van der Waals surface area (Å²) in [7, 11) is 0. The molecule has 114 valence electrons. The predicted octanol–water partition coefficient (Wildman–Crippen LogP) is 3.46. The predicted molar refractivity (Wildman–Crippen MR) is 87.1 cm³/mol. The van der Waals surface area contributed by atoms with Crippen LogP contribution in [-0.4, -0.2) is 30.9 Å². The van der Waals surface area contributed by atoms with E-state index in [1.54, 1.807) is 0 Å². The maximum atomic E-state index is 9.92. The van der Waals surface area contributed by atoms with E-state index < -0.39 is 6.10 Å². The van der Waals surface area contributed by atoms with E-state index in [1.165, 1.54) is 0 Å². The molecule has 0 radical (unpaired) electrons. The van der Waals surface area contributed by atoms with Gasteiger partial charge in [-0.05, 0) is 29.5 Å². The number of benzene rings is 1. The van der Waals surface area contributed by atoms with Crippen molar-refractivity contribution >= 4 is 15.9 Å². The monoisotopic (exact) mass is 343 g/mol. The van der Waals surface area contributed by atoms with E-state index in [2.05, 4.69) is 48.9 Å². The fourth-order valence-corrected chi connectivity index (χ4v) is 1.95. The van der Waals surface area contributed by atoms with Gasteiger partial charge in [0.15, 0.2) is 0 Å². The van der Waals surface area contributed by atoms with Gasteiger partial charge in [0.05, 0.1) is 0 Å². The maximum Gasteiger partial charge on any atom is 0.120 e. The standard InChI is InChI=1S/C16H26BrNO2/c1-12(2)16(3,4)11-18-9-14(19)10-20-15-7-5-6-13(17)8-15/h5-8,12,14,18-19H,9-11H2,1-4H3. The molecule has 0 aliphatic heterocycles. The van der Waals surface area contributed by atoms with Crippen molar-refractivity contribution < 1.29 is 9.84 Å². The summed E-state index contributed by atoms with van der Waals surface area (Å²) in [6.07, 6.45) is -0.503. The quantitative estimate of drug-likeness (QED) is 0.759. The Morgan fingerprint density at radius 2 is 2.05 bits per heavy atom. The lowest BCUT2D eigenvalue weighted by atomic mass is 9.81. The molecule has 0 fully saturated rings. The molecule has 0 heterocycles. The Hall–Kier alpha value is -0.580. The molecule has 20 heavy (non-hydrogen) atoms. The van der Waals surface area contributed by atoms with Crippen LogP contribution in [-0.2, 0) is 0 Å². The van der Waals surface area contributed by atoms with Crippen LogP contribution in [0.3, 0.4) is 0 Å². The van der Waals surface area contributed by atoms with Gasteiger partial charge in [0, 0.05) is 17.6 Å². The molecule has 1 rings (SSSR count). The van der Waals surface area contributed by atoms with Crippen molar-refractivity contribution in [2.24, 2.45) is 11.3 Å². The highest BCUT2D eigenvalue weighted by Gasteiger charge is 2.21. The Labute approximate surface area is 130 Å². The molecule has 0 aliphatic carbocycles. The minimum atomic E-state index is -0.503. The molecule has 2 N–H and O–H groups in total. The van der Waals surface area contributed by atoms with Gasteiger partial charge in [-0.25, -0.2) is 0 Å². The van der Waals surface area contributed by atoms with Gasteiger partial charge in [-0.15, -0.1) is 0 Å². The van der Waals surface area contributed by atoms with Crippen molar-refractivity contribution in [3.63, 3.8) is 0 Å². The lowest BCUT2D eigenvalue weighted by molar-refractivity contribution is 0.101. The van der Waals surface area contributed by atoms with Gasteiger partial charge < -0.3 is 15.2 Å². The summed E-state index contributed by atoms with van der Waals surface area (Å²) in [5.41, 5.74) is 0.227. The molecule has 1 atom stereocenters. The Morgan fingerprint density at radius 1 is 1.35 bits per heavy atom. The Bertz CT molecular complexity index is 407. The molecule has 0 aromatic heterocycles. The summed E-state index contributed by atoms with van der Waals surface area (Å²) in [5, 5.41) is 13.2. The van der Waals surface area contributed by atoms with Crippen molar-refractivity contribution in [1.29, 1.82) is 0 Å². The summed E-state index contributed by atoms with van der Waals surface area (Å²) < 4.78 is 6.53. The van der Waals surface area contributed by atoms with Gasteiger partial charge in [-0.1, -0.05) is 49.7 Å². The van der Waals surface area contributed by atoms with Crippen LogP contribution in [0.4, 0.5) is 0 Å². The normalized spacial score (nSPS) is 13.6. The van der Waals surface area contributed by atoms with Crippen LogP contribution in [0.15, 0.2) is 28.7 Å². The van der Waals surface area contributed by atoms with Gasteiger partial charge in [-0.3, -0.25) is 0 Å². The number of aliphatic hydroxyl groups excluding tert-OH is 1. The molecule has 0 aliphatic rings. The smallest absolute Gasteiger partial charge is 0.120 e. The highest BCUT2D eigenvalue weighted by Crippen LogP contribution is 2.24. The molecule has 4 heteroatoms. The van der Waals surface area contributed by atoms with Crippen LogP contribution >= 0.6 is 15.9 Å². The van der Waals surface area contributed by atoms with E-state index >= 15 is 0 Å². The zero-order chi connectivity index (χ0) is 15.2. The number of hydrogen-bond donors (Lipinski definition) is 2. The number of rotatable bonds is 8. The van der Waals surface area contributed by atoms with Crippen molar-refractivity contribution in [2.75, 3.05) is 19.7 Å². The third kappa shape index (κ3) is 6.25. The summed E-state index contributed by atoms with van der Waals surface area (Å²) in [6.45, 7) is 10.6. The lowest BCUT2D eigenvalue weighted by Crippen LogP contribution is -2.39. The van der Waals surface area contributed by atoms with Crippen molar-refractivity contribution in [3.8, 4) is 5.75 Å². The largest absolute Gasteiger partial charge is 0.491 e. The Balaban J connectivity index is 2.26. The highest BCUT2D eigenvalue weighted by atomic mass is 79.9. The average Bonchev–Trinajstić information content (AvgIpc) is 2.36. The van der Waals surface area contributed by atoms with Crippen LogP contribution < -0.4 is 10.1 Å². The molecule has 0 saturated carbocycles. The average molecular weight is 344 g/mol.